The van der Waals surface area contributed by atoms with E-state index in [9.17, 15) is 0 Å². The second-order valence-corrected chi connectivity index (χ2v) is 7.20. The third kappa shape index (κ3) is 3.35. The third-order valence-electron chi connectivity index (χ3n) is 4.74. The van der Waals surface area contributed by atoms with E-state index in [2.05, 4.69) is 62.3 Å². The van der Waals surface area contributed by atoms with Crippen LogP contribution in [-0.2, 0) is 19.3 Å². The Morgan fingerprint density at radius 1 is 0.476 bits per heavy atom. The van der Waals surface area contributed by atoms with Crippen LogP contribution >= 0.6 is 0 Å². The van der Waals surface area contributed by atoms with Gasteiger partial charge in [0.1, 0.15) is 0 Å². The maximum absolute atomic E-state index is 2.37. The average molecular weight is 289 g/mol. The van der Waals surface area contributed by atoms with Gasteiger partial charge in [0, 0.05) is 0 Å². The molecule has 1 aromatic rings. The third-order valence-corrected chi connectivity index (χ3v) is 4.74. The molecule has 1 aromatic carbocycles. The van der Waals surface area contributed by atoms with Crippen LogP contribution in [0.2, 0.25) is 0 Å². The van der Waals surface area contributed by atoms with Gasteiger partial charge in [0.15, 0.2) is 0 Å². The molecule has 21 heavy (non-hydrogen) atoms. The molecule has 0 aliphatic rings. The average Bonchev–Trinajstić information content (AvgIpc) is 2.42. The Bertz CT molecular complexity index is 383. The molecule has 0 spiro atoms. The number of benzene rings is 1. The predicted octanol–water partition coefficient (Wildman–Crippen LogP) is 6.74. The minimum Gasteiger partial charge on any atom is -0.0613 e. The summed E-state index contributed by atoms with van der Waals surface area (Å²) in [5, 5.41) is 0. The Morgan fingerprint density at radius 2 is 0.667 bits per heavy atom. The van der Waals surface area contributed by atoms with Crippen LogP contribution in [0, 0.1) is 0 Å². The van der Waals surface area contributed by atoms with E-state index in [1.165, 1.54) is 19.3 Å². The molecule has 0 aliphatic heterocycles. The minimum absolute atomic E-state index is 0.621. The highest BCUT2D eigenvalue weighted by molar-refractivity contribution is 5.55. The monoisotopic (exact) mass is 288 g/mol. The van der Waals surface area contributed by atoms with Gasteiger partial charge in [-0.1, -0.05) is 62.3 Å². The smallest absolute Gasteiger partial charge is 0.0213 e. The number of hydrogen-bond donors (Lipinski definition) is 0. The van der Waals surface area contributed by atoms with Crippen molar-refractivity contribution in [1.29, 1.82) is 0 Å². The molecular formula is C21H36. The standard InChI is InChI=1S/C21H36/c1-10-16-19(13(4)5)17(11-2)21(15(8)9)18(12-3)20(16)14(6)7/h13-15H,10-12H2,1-9H3. The van der Waals surface area contributed by atoms with Crippen molar-refractivity contribution in [2.75, 3.05) is 0 Å². The van der Waals surface area contributed by atoms with Crippen LogP contribution in [0.15, 0.2) is 0 Å². The fourth-order valence-corrected chi connectivity index (χ4v) is 4.22. The fraction of sp³-hybridized carbons (Fsp3) is 0.714. The van der Waals surface area contributed by atoms with E-state index in [0.29, 0.717) is 17.8 Å². The lowest BCUT2D eigenvalue weighted by molar-refractivity contribution is 0.736. The molecule has 0 fully saturated rings. The minimum atomic E-state index is 0.621. The van der Waals surface area contributed by atoms with Gasteiger partial charge >= 0.3 is 0 Å². The molecule has 0 heteroatoms. The molecular weight excluding hydrogens is 252 g/mol. The quantitative estimate of drug-likeness (QED) is 0.543. The Kier molecular flexibility index (Phi) is 6.50. The van der Waals surface area contributed by atoms with Crippen LogP contribution in [0.4, 0.5) is 0 Å². The van der Waals surface area contributed by atoms with Crippen LogP contribution < -0.4 is 0 Å². The zero-order valence-electron chi connectivity index (χ0n) is 15.9. The number of rotatable bonds is 6. The van der Waals surface area contributed by atoms with E-state index >= 15 is 0 Å². The summed E-state index contributed by atoms with van der Waals surface area (Å²) in [6.07, 6.45) is 3.50. The van der Waals surface area contributed by atoms with Crippen LogP contribution in [0.3, 0.4) is 0 Å². The van der Waals surface area contributed by atoms with Gasteiger partial charge in [-0.2, -0.15) is 0 Å². The van der Waals surface area contributed by atoms with E-state index in [0.717, 1.165) is 0 Å². The van der Waals surface area contributed by atoms with E-state index in [4.69, 9.17) is 0 Å². The zero-order valence-corrected chi connectivity index (χ0v) is 15.9. The predicted molar refractivity (Wildman–Crippen MR) is 96.8 cm³/mol. The molecule has 0 atom stereocenters. The molecule has 0 heterocycles. The summed E-state index contributed by atoms with van der Waals surface area (Å²) in [6.45, 7) is 21.2. The van der Waals surface area contributed by atoms with Crippen molar-refractivity contribution >= 4 is 0 Å². The fourth-order valence-electron chi connectivity index (χ4n) is 4.22. The zero-order chi connectivity index (χ0) is 16.3. The first-order valence-electron chi connectivity index (χ1n) is 9.01. The van der Waals surface area contributed by atoms with Gasteiger partial charge in [-0.05, 0) is 70.4 Å². The van der Waals surface area contributed by atoms with Gasteiger partial charge < -0.3 is 0 Å². The first-order valence-corrected chi connectivity index (χ1v) is 9.01. The van der Waals surface area contributed by atoms with E-state index in [-0.39, 0.29) is 0 Å². The Hall–Kier alpha value is -0.780. The summed E-state index contributed by atoms with van der Waals surface area (Å²) in [4.78, 5) is 0. The lowest BCUT2D eigenvalue weighted by atomic mass is 9.74. The van der Waals surface area contributed by atoms with Gasteiger partial charge in [-0.15, -0.1) is 0 Å². The largest absolute Gasteiger partial charge is 0.0613 e. The van der Waals surface area contributed by atoms with Crippen LogP contribution in [-0.4, -0.2) is 0 Å². The molecule has 0 saturated carbocycles. The molecule has 0 bridgehead atoms. The first kappa shape index (κ1) is 18.3. The lowest BCUT2D eigenvalue weighted by Crippen LogP contribution is -2.15. The van der Waals surface area contributed by atoms with E-state index in [1.807, 2.05) is 0 Å². The van der Waals surface area contributed by atoms with E-state index in [1.54, 1.807) is 33.4 Å². The van der Waals surface area contributed by atoms with Crippen LogP contribution in [0.5, 0.6) is 0 Å². The van der Waals surface area contributed by atoms with Crippen molar-refractivity contribution < 1.29 is 0 Å². The van der Waals surface area contributed by atoms with Gasteiger partial charge in [0.25, 0.3) is 0 Å². The lowest BCUT2D eigenvalue weighted by Gasteiger charge is -2.30. The normalized spacial score (nSPS) is 12.0. The Balaban J connectivity index is 3.96. The molecule has 0 unspecified atom stereocenters. The summed E-state index contributed by atoms with van der Waals surface area (Å²) < 4.78 is 0. The maximum atomic E-state index is 2.37. The van der Waals surface area contributed by atoms with Crippen molar-refractivity contribution in [3.63, 3.8) is 0 Å². The molecule has 1 rings (SSSR count). The van der Waals surface area contributed by atoms with Crippen LogP contribution in [0.25, 0.3) is 0 Å². The molecule has 0 saturated heterocycles. The summed E-state index contributed by atoms with van der Waals surface area (Å²) in [5.41, 5.74) is 9.92. The highest BCUT2D eigenvalue weighted by Gasteiger charge is 2.25. The number of hydrogen-bond acceptors (Lipinski definition) is 0. The molecule has 0 N–H and O–H groups in total. The van der Waals surface area contributed by atoms with Gasteiger partial charge in [0.05, 0.1) is 0 Å². The topological polar surface area (TPSA) is 0 Å². The van der Waals surface area contributed by atoms with Crippen molar-refractivity contribution in [3.8, 4) is 0 Å². The highest BCUT2D eigenvalue weighted by Crippen LogP contribution is 2.40. The summed E-state index contributed by atoms with van der Waals surface area (Å²) >= 11 is 0. The summed E-state index contributed by atoms with van der Waals surface area (Å²) in [6, 6.07) is 0. The molecule has 0 aromatic heterocycles. The molecule has 0 aliphatic carbocycles. The molecule has 0 nitrogen and oxygen atoms in total. The van der Waals surface area contributed by atoms with E-state index < -0.39 is 0 Å². The summed E-state index contributed by atoms with van der Waals surface area (Å²) in [5.74, 6) is 1.86. The van der Waals surface area contributed by atoms with Gasteiger partial charge in [-0.3, -0.25) is 0 Å². The second kappa shape index (κ2) is 7.47. The van der Waals surface area contributed by atoms with Gasteiger partial charge in [-0.25, -0.2) is 0 Å². The summed E-state index contributed by atoms with van der Waals surface area (Å²) in [7, 11) is 0. The van der Waals surface area contributed by atoms with Crippen molar-refractivity contribution in [3.05, 3.63) is 33.4 Å². The Labute approximate surface area is 133 Å². The second-order valence-electron chi connectivity index (χ2n) is 7.20. The maximum Gasteiger partial charge on any atom is -0.0213 e. The molecule has 120 valence electrons. The first-order chi connectivity index (χ1) is 9.81. The highest BCUT2D eigenvalue weighted by atomic mass is 14.3. The van der Waals surface area contributed by atoms with Crippen LogP contribution in [0.1, 0.15) is 113 Å². The molecule has 0 amide bonds. The van der Waals surface area contributed by atoms with Crippen molar-refractivity contribution in [2.24, 2.45) is 0 Å². The van der Waals surface area contributed by atoms with Gasteiger partial charge in [0.2, 0.25) is 0 Å². The SMILES string of the molecule is CCc1c(C(C)C)c(CC)c(C(C)C)c(CC)c1C(C)C. The Morgan fingerprint density at radius 3 is 0.762 bits per heavy atom. The molecule has 0 radical (unpaired) electrons. The van der Waals surface area contributed by atoms with Crippen molar-refractivity contribution in [1.82, 2.24) is 0 Å². The van der Waals surface area contributed by atoms with Crippen molar-refractivity contribution in [2.45, 2.75) is 99.3 Å².